The van der Waals surface area contributed by atoms with E-state index in [9.17, 15) is 5.11 Å². The topological polar surface area (TPSA) is 50.9 Å². The van der Waals surface area contributed by atoms with Gasteiger partial charge < -0.3 is 9.67 Å². The summed E-state index contributed by atoms with van der Waals surface area (Å²) in [5.74, 6) is 0.960. The highest BCUT2D eigenvalue weighted by atomic mass is 35.5. The Labute approximate surface area is 120 Å². The first-order valence-electron chi connectivity index (χ1n) is 6.55. The summed E-state index contributed by atoms with van der Waals surface area (Å²) in [5, 5.41) is 10.3. The first-order valence-corrected chi connectivity index (χ1v) is 6.92. The summed E-state index contributed by atoms with van der Waals surface area (Å²) in [7, 11) is 0. The molecule has 1 aliphatic carbocycles. The van der Waals surface area contributed by atoms with Gasteiger partial charge in [0.15, 0.2) is 0 Å². The SMILES string of the molecule is Oc1cncc(-c2nc3cccc(Cl)c3n2C2CC2)c1. The molecule has 1 N–H and O–H groups in total. The van der Waals surface area contributed by atoms with Crippen LogP contribution in [0.3, 0.4) is 0 Å². The van der Waals surface area contributed by atoms with Crippen LogP contribution in [0.25, 0.3) is 22.4 Å². The van der Waals surface area contributed by atoms with Crippen molar-refractivity contribution >= 4 is 22.6 Å². The van der Waals surface area contributed by atoms with Crippen LogP contribution in [0.1, 0.15) is 18.9 Å². The Morgan fingerprint density at radius 3 is 2.85 bits per heavy atom. The Hall–Kier alpha value is -2.07. The zero-order valence-electron chi connectivity index (χ0n) is 10.6. The van der Waals surface area contributed by atoms with Crippen molar-refractivity contribution in [2.75, 3.05) is 0 Å². The smallest absolute Gasteiger partial charge is 0.143 e. The van der Waals surface area contributed by atoms with Gasteiger partial charge in [-0.3, -0.25) is 4.98 Å². The molecule has 2 aromatic heterocycles. The number of rotatable bonds is 2. The Balaban J connectivity index is 2.04. The van der Waals surface area contributed by atoms with Gasteiger partial charge in [-0.05, 0) is 31.0 Å². The van der Waals surface area contributed by atoms with Crippen molar-refractivity contribution in [1.29, 1.82) is 0 Å². The third-order valence-electron chi connectivity index (χ3n) is 3.55. The number of nitrogens with zero attached hydrogens (tertiary/aromatic N) is 3. The van der Waals surface area contributed by atoms with Crippen molar-refractivity contribution in [3.63, 3.8) is 0 Å². The van der Waals surface area contributed by atoms with E-state index in [4.69, 9.17) is 11.6 Å². The van der Waals surface area contributed by atoms with E-state index in [-0.39, 0.29) is 5.75 Å². The maximum absolute atomic E-state index is 9.62. The summed E-state index contributed by atoms with van der Waals surface area (Å²) in [6.45, 7) is 0. The highest BCUT2D eigenvalue weighted by Gasteiger charge is 2.29. The normalized spacial score (nSPS) is 14.8. The molecule has 0 bridgehead atoms. The largest absolute Gasteiger partial charge is 0.506 e. The van der Waals surface area contributed by atoms with Gasteiger partial charge in [0.2, 0.25) is 0 Å². The van der Waals surface area contributed by atoms with E-state index >= 15 is 0 Å². The summed E-state index contributed by atoms with van der Waals surface area (Å²) >= 11 is 6.34. The van der Waals surface area contributed by atoms with E-state index in [1.165, 1.54) is 6.20 Å². The molecule has 3 aromatic rings. The van der Waals surface area contributed by atoms with Crippen LogP contribution in [0.4, 0.5) is 0 Å². The number of pyridine rings is 1. The third kappa shape index (κ3) is 1.76. The minimum atomic E-state index is 0.142. The zero-order chi connectivity index (χ0) is 13.7. The van der Waals surface area contributed by atoms with Gasteiger partial charge in [0.05, 0.1) is 22.3 Å². The summed E-state index contributed by atoms with van der Waals surface area (Å²) in [6.07, 6.45) is 5.40. The number of aromatic hydroxyl groups is 1. The van der Waals surface area contributed by atoms with E-state index in [2.05, 4.69) is 14.5 Å². The van der Waals surface area contributed by atoms with E-state index in [0.29, 0.717) is 11.1 Å². The molecule has 0 radical (unpaired) electrons. The number of imidazole rings is 1. The molecule has 0 aliphatic heterocycles. The van der Waals surface area contributed by atoms with Gasteiger partial charge in [0.1, 0.15) is 11.6 Å². The Kier molecular flexibility index (Phi) is 2.47. The number of hydrogen-bond acceptors (Lipinski definition) is 3. The molecule has 4 rings (SSSR count). The number of hydrogen-bond donors (Lipinski definition) is 1. The summed E-state index contributed by atoms with van der Waals surface area (Å²) in [6, 6.07) is 7.87. The molecule has 0 saturated heterocycles. The molecule has 0 unspecified atom stereocenters. The van der Waals surface area contributed by atoms with E-state index in [1.807, 2.05) is 18.2 Å². The van der Waals surface area contributed by atoms with Crippen LogP contribution in [0.2, 0.25) is 5.02 Å². The first-order chi connectivity index (χ1) is 9.74. The molecule has 20 heavy (non-hydrogen) atoms. The van der Waals surface area contributed by atoms with Crippen LogP contribution in [0.15, 0.2) is 36.7 Å². The summed E-state index contributed by atoms with van der Waals surface area (Å²) < 4.78 is 2.17. The van der Waals surface area contributed by atoms with Crippen molar-refractivity contribution < 1.29 is 5.11 Å². The summed E-state index contributed by atoms with van der Waals surface area (Å²) in [4.78, 5) is 8.71. The minimum Gasteiger partial charge on any atom is -0.506 e. The van der Waals surface area contributed by atoms with Crippen LogP contribution < -0.4 is 0 Å². The van der Waals surface area contributed by atoms with Crippen molar-refractivity contribution in [1.82, 2.24) is 14.5 Å². The maximum Gasteiger partial charge on any atom is 0.143 e. The quantitative estimate of drug-likeness (QED) is 0.779. The minimum absolute atomic E-state index is 0.142. The van der Waals surface area contributed by atoms with Gasteiger partial charge in [0, 0.05) is 17.8 Å². The molecule has 1 aromatic carbocycles. The lowest BCUT2D eigenvalue weighted by atomic mass is 10.2. The van der Waals surface area contributed by atoms with Crippen LogP contribution in [0.5, 0.6) is 5.75 Å². The van der Waals surface area contributed by atoms with Crippen molar-refractivity contribution in [3.05, 3.63) is 41.7 Å². The van der Waals surface area contributed by atoms with Gasteiger partial charge in [-0.15, -0.1) is 0 Å². The molecule has 5 heteroatoms. The summed E-state index contributed by atoms with van der Waals surface area (Å²) in [5.41, 5.74) is 2.65. The fraction of sp³-hybridized carbons (Fsp3) is 0.200. The number of halogens is 1. The second-order valence-electron chi connectivity index (χ2n) is 5.08. The van der Waals surface area contributed by atoms with Crippen molar-refractivity contribution in [3.8, 4) is 17.1 Å². The maximum atomic E-state index is 9.62. The molecule has 1 fully saturated rings. The molecule has 0 amide bonds. The van der Waals surface area contributed by atoms with Crippen LogP contribution in [-0.2, 0) is 0 Å². The van der Waals surface area contributed by atoms with Crippen LogP contribution in [-0.4, -0.2) is 19.6 Å². The third-order valence-corrected chi connectivity index (χ3v) is 3.86. The highest BCUT2D eigenvalue weighted by Crippen LogP contribution is 2.42. The average Bonchev–Trinajstić information content (AvgIpc) is 3.19. The monoisotopic (exact) mass is 285 g/mol. The van der Waals surface area contributed by atoms with Gasteiger partial charge in [0.25, 0.3) is 0 Å². The van der Waals surface area contributed by atoms with Gasteiger partial charge in [-0.1, -0.05) is 17.7 Å². The molecule has 2 heterocycles. The fourth-order valence-electron chi connectivity index (χ4n) is 2.55. The Morgan fingerprint density at radius 2 is 2.10 bits per heavy atom. The Morgan fingerprint density at radius 1 is 1.25 bits per heavy atom. The van der Waals surface area contributed by atoms with E-state index in [1.54, 1.807) is 12.3 Å². The van der Waals surface area contributed by atoms with Crippen molar-refractivity contribution in [2.24, 2.45) is 0 Å². The van der Waals surface area contributed by atoms with Gasteiger partial charge in [-0.25, -0.2) is 4.98 Å². The molecule has 0 spiro atoms. The molecule has 0 atom stereocenters. The molecule has 1 saturated carbocycles. The number of fused-ring (bicyclic) bond motifs is 1. The molecule has 1 aliphatic rings. The standard InChI is InChI=1S/C15H12ClN3O/c16-12-2-1-3-13-14(12)19(10-4-5-10)15(18-13)9-6-11(20)8-17-7-9/h1-3,6-8,10,20H,4-5H2. The lowest BCUT2D eigenvalue weighted by molar-refractivity contribution is 0.473. The highest BCUT2D eigenvalue weighted by molar-refractivity contribution is 6.35. The fourth-order valence-corrected chi connectivity index (χ4v) is 2.81. The Bertz CT molecular complexity index is 808. The average molecular weight is 286 g/mol. The predicted octanol–water partition coefficient (Wildman–Crippen LogP) is 3.79. The number of aromatic nitrogens is 3. The van der Waals surface area contributed by atoms with Gasteiger partial charge >= 0.3 is 0 Å². The molecular formula is C15H12ClN3O. The van der Waals surface area contributed by atoms with Crippen molar-refractivity contribution in [2.45, 2.75) is 18.9 Å². The molecular weight excluding hydrogens is 274 g/mol. The van der Waals surface area contributed by atoms with Gasteiger partial charge in [-0.2, -0.15) is 0 Å². The van der Waals surface area contributed by atoms with Crippen LogP contribution in [0, 0.1) is 0 Å². The van der Waals surface area contributed by atoms with E-state index in [0.717, 1.165) is 35.3 Å². The second-order valence-corrected chi connectivity index (χ2v) is 5.48. The lowest BCUT2D eigenvalue weighted by Gasteiger charge is -2.08. The lowest BCUT2D eigenvalue weighted by Crippen LogP contribution is -1.98. The second kappa shape index (κ2) is 4.21. The zero-order valence-corrected chi connectivity index (χ0v) is 11.4. The van der Waals surface area contributed by atoms with Crippen LogP contribution >= 0.6 is 11.6 Å². The number of para-hydroxylation sites is 1. The predicted molar refractivity (Wildman–Crippen MR) is 77.9 cm³/mol. The molecule has 100 valence electrons. The molecule has 4 nitrogen and oxygen atoms in total. The van der Waals surface area contributed by atoms with E-state index < -0.39 is 0 Å². The first kappa shape index (κ1) is 11.7. The number of benzene rings is 1.